The van der Waals surface area contributed by atoms with Crippen molar-refractivity contribution in [1.82, 2.24) is 15.0 Å². The number of hydrogen-bond acceptors (Lipinski definition) is 18. The molecule has 1 aromatic heterocycles. The van der Waals surface area contributed by atoms with E-state index < -0.39 is 84.3 Å². The van der Waals surface area contributed by atoms with Crippen molar-refractivity contribution < 1.29 is 57.2 Å². The fourth-order valence-corrected chi connectivity index (χ4v) is 11.5. The Labute approximate surface area is 522 Å². The molecule has 4 aromatic rings. The quantitative estimate of drug-likeness (QED) is 0.0100. The van der Waals surface area contributed by atoms with Crippen LogP contribution in [0.15, 0.2) is 89.5 Å². The first-order valence-corrected chi connectivity index (χ1v) is 52.1. The fourth-order valence-electron chi connectivity index (χ4n) is 7.19. The van der Waals surface area contributed by atoms with E-state index in [1.54, 1.807) is 72.8 Å². The van der Waals surface area contributed by atoms with E-state index in [0.717, 1.165) is 36.3 Å². The molecule has 474 valence electrons. The van der Waals surface area contributed by atoms with Crippen molar-refractivity contribution in [1.29, 1.82) is 0 Å². The zero-order valence-electron chi connectivity index (χ0n) is 54.9. The van der Waals surface area contributed by atoms with Gasteiger partial charge in [0, 0.05) is 65.5 Å². The van der Waals surface area contributed by atoms with Crippen LogP contribution in [0.4, 0.5) is 34.9 Å². The first kappa shape index (κ1) is 72.9. The van der Waals surface area contributed by atoms with Gasteiger partial charge in [-0.3, -0.25) is 0 Å². The molecule has 0 amide bonds. The van der Waals surface area contributed by atoms with Crippen LogP contribution in [0.25, 0.3) is 18.2 Å². The Hall–Kier alpha value is -6.59. The first-order valence-electron chi connectivity index (χ1n) is 29.8. The minimum absolute atomic E-state index is 0.130. The molecule has 0 aliphatic rings. The molecule has 0 saturated heterocycles. The van der Waals surface area contributed by atoms with Crippen LogP contribution >= 0.6 is 0 Å². The number of hydrogen-bond donors (Lipinski definition) is 3. The van der Waals surface area contributed by atoms with Gasteiger partial charge in [-0.25, -0.2) is 28.8 Å². The Morgan fingerprint density at radius 2 is 0.460 bits per heavy atom. The number of aromatic nitrogens is 3. The molecule has 18 nitrogen and oxygen atoms in total. The molecular formula is C63H96N6O12Si6. The van der Waals surface area contributed by atoms with E-state index in [4.69, 9.17) is 43.4 Å². The molecule has 0 aliphatic carbocycles. The maximum Gasteiger partial charge on any atom is 0.345 e. The van der Waals surface area contributed by atoms with Gasteiger partial charge in [0.05, 0.1) is 39.6 Å². The molecule has 0 bridgehead atoms. The highest BCUT2D eigenvalue weighted by molar-refractivity contribution is 6.78. The smallest absolute Gasteiger partial charge is 0.345 e. The van der Waals surface area contributed by atoms with Crippen LogP contribution in [0, 0.1) is 0 Å². The lowest BCUT2D eigenvalue weighted by Gasteiger charge is -2.17. The standard InChI is InChI=1S/C63H96N6O12Si6/c1-82(2,3)37-31-76-55(70)52(56(71)77-32-38-83(4,5)6)43-46-19-25-49(26-20-46)64-61-67-62(65-50-27-21-47(22-28-50)44-53(57(72)78-33-39-84(7,8)9)58(73)79-34-40-85(10,11)12)69-63(68-61)66-51-29-23-48(24-30-51)45-54(59(74)80-35-41-86(13,14)15)60(75)81-36-42-87(16,17)18/h19-30,43-45H,31-42H2,1-18H3,(H3,64,65,66,67,68,69). The van der Waals surface area contributed by atoms with Crippen LogP contribution in [0.3, 0.4) is 0 Å². The largest absolute Gasteiger partial charge is 0.462 e. The van der Waals surface area contributed by atoms with Crippen molar-refractivity contribution >= 4 is 137 Å². The van der Waals surface area contributed by atoms with Gasteiger partial charge >= 0.3 is 35.8 Å². The summed E-state index contributed by atoms with van der Waals surface area (Å²) in [7, 11) is -9.20. The predicted molar refractivity (Wildman–Crippen MR) is 368 cm³/mol. The summed E-state index contributed by atoms with van der Waals surface area (Å²) in [5.74, 6) is -4.07. The third-order valence-corrected chi connectivity index (χ3v) is 23.1. The lowest BCUT2D eigenvalue weighted by Crippen LogP contribution is -2.26. The topological polar surface area (TPSA) is 233 Å². The van der Waals surface area contributed by atoms with Gasteiger partial charge in [0.25, 0.3) is 0 Å². The molecule has 1 heterocycles. The SMILES string of the molecule is C[Si](C)(C)CCOC(=O)C(=Cc1ccc(Nc2nc(Nc3ccc(C=C(C(=O)OCC[Si](C)(C)C)C(=O)OCC[Si](C)(C)C)cc3)nc(Nc3ccc(C=C(C(=O)OCC[Si](C)(C)C)C(=O)OCC[Si](C)(C)C)cc3)n2)cc1)C(=O)OCC[Si](C)(C)C. The van der Waals surface area contributed by atoms with Crippen molar-refractivity contribution in [2.45, 2.75) is 154 Å². The molecule has 0 spiro atoms. The monoisotopic (exact) mass is 1300 g/mol. The molecule has 4 rings (SSSR count). The van der Waals surface area contributed by atoms with Crippen molar-refractivity contribution in [3.8, 4) is 0 Å². The Bertz CT molecular complexity index is 2640. The van der Waals surface area contributed by atoms with Crippen LogP contribution in [0.1, 0.15) is 16.7 Å². The Balaban J connectivity index is 1.72. The average molecular weight is 1300 g/mol. The van der Waals surface area contributed by atoms with Crippen LogP contribution in [0.2, 0.25) is 154 Å². The summed E-state index contributed by atoms with van der Waals surface area (Å²) in [6, 6.07) is 25.3. The van der Waals surface area contributed by atoms with Crippen molar-refractivity contribution in [3.63, 3.8) is 0 Å². The second kappa shape index (κ2) is 32.6. The number of carbonyl (C=O) groups is 6. The summed E-state index contributed by atoms with van der Waals surface area (Å²) in [6.07, 6.45) is 4.41. The van der Waals surface area contributed by atoms with E-state index >= 15 is 0 Å². The Morgan fingerprint density at radius 3 is 0.609 bits per heavy atom. The van der Waals surface area contributed by atoms with Crippen LogP contribution in [0.5, 0.6) is 0 Å². The summed E-state index contributed by atoms with van der Waals surface area (Å²) in [4.78, 5) is 94.7. The molecule has 0 saturated carbocycles. The van der Waals surface area contributed by atoms with Gasteiger partial charge in [-0.15, -0.1) is 0 Å². The summed E-state index contributed by atoms with van der Waals surface area (Å²) >= 11 is 0. The molecule has 3 aromatic carbocycles. The zero-order valence-corrected chi connectivity index (χ0v) is 60.9. The second-order valence-corrected chi connectivity index (χ2v) is 62.6. The number of carbonyl (C=O) groups excluding carboxylic acids is 6. The number of benzene rings is 3. The van der Waals surface area contributed by atoms with E-state index in [2.05, 4.69) is 134 Å². The number of rotatable bonds is 33. The number of ether oxygens (including phenoxy) is 6. The summed E-state index contributed by atoms with van der Waals surface area (Å²) in [5, 5.41) is 9.72. The van der Waals surface area contributed by atoms with Crippen LogP contribution < -0.4 is 16.0 Å². The molecular weight excluding hydrogens is 1200 g/mol. The number of nitrogens with zero attached hydrogens (tertiary/aromatic N) is 3. The molecule has 24 heteroatoms. The summed E-state index contributed by atoms with van der Waals surface area (Å²) < 4.78 is 33.6. The van der Waals surface area contributed by atoms with Gasteiger partial charge in [-0.2, -0.15) is 15.0 Å². The highest BCUT2D eigenvalue weighted by Gasteiger charge is 2.28. The van der Waals surface area contributed by atoms with Gasteiger partial charge in [-0.1, -0.05) is 154 Å². The minimum atomic E-state index is -1.53. The van der Waals surface area contributed by atoms with Gasteiger partial charge in [0.2, 0.25) is 17.8 Å². The summed E-state index contributed by atoms with van der Waals surface area (Å²) in [5.41, 5.74) is 2.72. The normalized spacial score (nSPS) is 11.9. The molecule has 0 radical (unpaired) electrons. The minimum Gasteiger partial charge on any atom is -0.462 e. The van der Waals surface area contributed by atoms with Crippen molar-refractivity contribution in [3.05, 3.63) is 106 Å². The van der Waals surface area contributed by atoms with Gasteiger partial charge in [0.15, 0.2) is 0 Å². The van der Waals surface area contributed by atoms with E-state index in [1.807, 2.05) is 0 Å². The highest BCUT2D eigenvalue weighted by atomic mass is 28.3. The van der Waals surface area contributed by atoms with E-state index in [1.165, 1.54) is 18.2 Å². The Kier molecular flexibility index (Phi) is 27.3. The number of anilines is 6. The van der Waals surface area contributed by atoms with Crippen LogP contribution in [-0.2, 0) is 57.2 Å². The van der Waals surface area contributed by atoms with E-state index in [0.29, 0.717) is 33.8 Å². The van der Waals surface area contributed by atoms with Gasteiger partial charge in [-0.05, 0) is 108 Å². The molecule has 0 aliphatic heterocycles. The lowest BCUT2D eigenvalue weighted by molar-refractivity contribution is -0.148. The molecule has 0 fully saturated rings. The van der Waals surface area contributed by atoms with Crippen molar-refractivity contribution in [2.75, 3.05) is 55.6 Å². The summed E-state index contributed by atoms with van der Waals surface area (Å²) in [6.45, 7) is 40.4. The molecule has 87 heavy (non-hydrogen) atoms. The Morgan fingerprint density at radius 1 is 0.299 bits per heavy atom. The lowest BCUT2D eigenvalue weighted by atomic mass is 10.1. The molecule has 0 atom stereocenters. The van der Waals surface area contributed by atoms with E-state index in [9.17, 15) is 28.8 Å². The first-order chi connectivity index (χ1) is 40.3. The van der Waals surface area contributed by atoms with Gasteiger partial charge in [0.1, 0.15) is 16.7 Å². The van der Waals surface area contributed by atoms with Crippen molar-refractivity contribution in [2.24, 2.45) is 0 Å². The number of esters is 6. The fraction of sp³-hybridized carbons (Fsp3) is 0.476. The number of nitrogens with one attached hydrogen (secondary N) is 3. The third kappa shape index (κ3) is 30.3. The highest BCUT2D eigenvalue weighted by Crippen LogP contribution is 2.26. The third-order valence-electron chi connectivity index (χ3n) is 12.9. The predicted octanol–water partition coefficient (Wildman–Crippen LogP) is 14.5. The van der Waals surface area contributed by atoms with Gasteiger partial charge < -0.3 is 44.4 Å². The zero-order chi connectivity index (χ0) is 65.0. The van der Waals surface area contributed by atoms with Crippen LogP contribution in [-0.4, -0.2) is 139 Å². The molecule has 3 N–H and O–H groups in total. The second-order valence-electron chi connectivity index (χ2n) is 28.9. The maximum absolute atomic E-state index is 13.4. The molecule has 0 unspecified atom stereocenters. The van der Waals surface area contributed by atoms with E-state index in [-0.39, 0.29) is 74.2 Å². The average Bonchev–Trinajstić information content (AvgIpc) is 3.45. The maximum atomic E-state index is 13.4.